The lowest BCUT2D eigenvalue weighted by Crippen LogP contribution is -2.38. The largest absolute Gasteiger partial charge is 0.476 e. The minimum atomic E-state index is -1.24. The van der Waals surface area contributed by atoms with Crippen LogP contribution in [0.15, 0.2) is 126 Å². The van der Waals surface area contributed by atoms with Gasteiger partial charge in [0, 0.05) is 11.6 Å². The molecule has 5 aromatic rings. The Morgan fingerprint density at radius 1 is 0.872 bits per heavy atom. The number of thiazole rings is 1. The number of aliphatic carboxylic acids is 1. The summed E-state index contributed by atoms with van der Waals surface area (Å²) in [4.78, 5) is 26.5. The van der Waals surface area contributed by atoms with E-state index in [1.807, 2.05) is 60.7 Å². The summed E-state index contributed by atoms with van der Waals surface area (Å²) in [5.74, 6) is -1.24. The van der Waals surface area contributed by atoms with Crippen LogP contribution in [0.25, 0.3) is 0 Å². The van der Waals surface area contributed by atoms with Crippen molar-refractivity contribution in [3.8, 4) is 0 Å². The molecule has 0 saturated carbocycles. The number of aromatic nitrogens is 2. The molecule has 0 spiro atoms. The van der Waals surface area contributed by atoms with Crippen molar-refractivity contribution in [2.75, 3.05) is 5.32 Å². The van der Waals surface area contributed by atoms with Gasteiger partial charge in [-0.05, 0) is 35.7 Å². The average Bonchev–Trinajstić information content (AvgIpc) is 3.45. The number of benzene rings is 3. The molecular weight excluding hydrogens is 508 g/mol. The van der Waals surface area contributed by atoms with Crippen molar-refractivity contribution in [1.29, 1.82) is 0 Å². The molecule has 1 atom stereocenters. The highest BCUT2D eigenvalue weighted by Crippen LogP contribution is 2.40. The van der Waals surface area contributed by atoms with Gasteiger partial charge in [-0.3, -0.25) is 4.98 Å². The van der Waals surface area contributed by atoms with Crippen molar-refractivity contribution >= 4 is 28.1 Å². The Kier molecular flexibility index (Phi) is 7.75. The van der Waals surface area contributed by atoms with E-state index in [2.05, 4.69) is 56.8 Å². The number of oxime groups is 1. The van der Waals surface area contributed by atoms with Crippen LogP contribution in [-0.2, 0) is 15.2 Å². The topological polar surface area (TPSA) is 96.7 Å². The molecule has 3 aromatic carbocycles. The molecule has 0 aliphatic heterocycles. The van der Waals surface area contributed by atoms with Crippen molar-refractivity contribution in [3.05, 3.63) is 149 Å². The Morgan fingerprint density at radius 3 is 1.90 bits per heavy atom. The van der Waals surface area contributed by atoms with Crippen molar-refractivity contribution in [2.24, 2.45) is 5.16 Å². The number of nitrogens with zero attached hydrogens (tertiary/aromatic N) is 3. The van der Waals surface area contributed by atoms with Gasteiger partial charge in [0.25, 0.3) is 0 Å². The second-order valence-corrected chi connectivity index (χ2v) is 9.62. The number of hydrogen-bond donors (Lipinski definition) is 2. The Hall–Kier alpha value is -4.82. The molecule has 2 N–H and O–H groups in total. The Morgan fingerprint density at radius 2 is 1.41 bits per heavy atom. The molecule has 7 nitrogen and oxygen atoms in total. The molecule has 0 amide bonds. The lowest BCUT2D eigenvalue weighted by atomic mass is 9.77. The third-order valence-corrected chi connectivity index (χ3v) is 7.03. The second kappa shape index (κ2) is 11.7. The molecule has 0 aliphatic carbocycles. The Balaban J connectivity index is 1.54. The SMILES string of the molecule is CC(ON=C(C(=O)O)c1csc(NC(c2ccccc2)(c2ccccc2)c2ccccc2)n1)c1ccccn1. The van der Waals surface area contributed by atoms with E-state index < -0.39 is 17.6 Å². The highest BCUT2D eigenvalue weighted by molar-refractivity contribution is 7.14. The summed E-state index contributed by atoms with van der Waals surface area (Å²) in [5.41, 5.74) is 2.81. The van der Waals surface area contributed by atoms with E-state index in [0.29, 0.717) is 10.8 Å². The first kappa shape index (κ1) is 25.8. The molecule has 39 heavy (non-hydrogen) atoms. The summed E-state index contributed by atoms with van der Waals surface area (Å²) in [6, 6.07) is 35.8. The van der Waals surface area contributed by atoms with E-state index in [0.717, 1.165) is 16.7 Å². The zero-order valence-corrected chi connectivity index (χ0v) is 22.0. The minimum absolute atomic E-state index is 0.200. The predicted octanol–water partition coefficient (Wildman–Crippen LogP) is 6.51. The third-order valence-electron chi connectivity index (χ3n) is 6.27. The molecule has 0 saturated heterocycles. The molecule has 2 heterocycles. The lowest BCUT2D eigenvalue weighted by Gasteiger charge is -2.36. The number of pyridine rings is 1. The van der Waals surface area contributed by atoms with Crippen molar-refractivity contribution < 1.29 is 14.7 Å². The zero-order valence-electron chi connectivity index (χ0n) is 21.1. The fourth-order valence-corrected chi connectivity index (χ4v) is 5.13. The van der Waals surface area contributed by atoms with Crippen LogP contribution in [0, 0.1) is 0 Å². The van der Waals surface area contributed by atoms with E-state index in [9.17, 15) is 9.90 Å². The van der Waals surface area contributed by atoms with E-state index in [-0.39, 0.29) is 11.4 Å². The monoisotopic (exact) mass is 534 g/mol. The molecule has 0 bridgehead atoms. The van der Waals surface area contributed by atoms with Gasteiger partial charge in [0.05, 0.1) is 5.69 Å². The molecule has 0 radical (unpaired) electrons. The molecule has 2 aromatic heterocycles. The van der Waals surface area contributed by atoms with E-state index in [1.54, 1.807) is 30.6 Å². The van der Waals surface area contributed by atoms with Gasteiger partial charge in [0.1, 0.15) is 11.2 Å². The van der Waals surface area contributed by atoms with Crippen LogP contribution in [0.5, 0.6) is 0 Å². The Bertz CT molecular complexity index is 1450. The van der Waals surface area contributed by atoms with Gasteiger partial charge < -0.3 is 15.3 Å². The van der Waals surface area contributed by atoms with Crippen LogP contribution in [0.3, 0.4) is 0 Å². The number of carboxylic acid groups (broad SMARTS) is 1. The first-order valence-corrected chi connectivity index (χ1v) is 13.2. The fraction of sp³-hybridized carbons (Fsp3) is 0.0968. The molecule has 0 aliphatic rings. The summed E-state index contributed by atoms with van der Waals surface area (Å²) in [6.45, 7) is 1.76. The highest BCUT2D eigenvalue weighted by Gasteiger charge is 2.37. The van der Waals surface area contributed by atoms with Gasteiger partial charge in [-0.1, -0.05) is 102 Å². The van der Waals surface area contributed by atoms with Crippen LogP contribution in [-0.4, -0.2) is 26.8 Å². The molecule has 1 unspecified atom stereocenters. The van der Waals surface area contributed by atoms with Gasteiger partial charge in [0.15, 0.2) is 11.2 Å². The summed E-state index contributed by atoms with van der Waals surface area (Å²) in [6.07, 6.45) is 1.12. The van der Waals surface area contributed by atoms with Crippen LogP contribution in [0.4, 0.5) is 5.13 Å². The smallest absolute Gasteiger partial charge is 0.360 e. The first-order chi connectivity index (χ1) is 19.1. The van der Waals surface area contributed by atoms with E-state index in [1.165, 1.54) is 11.3 Å². The summed E-state index contributed by atoms with van der Waals surface area (Å²) in [7, 11) is 0. The van der Waals surface area contributed by atoms with Crippen LogP contribution < -0.4 is 5.32 Å². The van der Waals surface area contributed by atoms with E-state index >= 15 is 0 Å². The number of hydrogen-bond acceptors (Lipinski definition) is 7. The van der Waals surface area contributed by atoms with Crippen LogP contribution >= 0.6 is 11.3 Å². The molecule has 5 rings (SSSR count). The van der Waals surface area contributed by atoms with Crippen molar-refractivity contribution in [2.45, 2.75) is 18.6 Å². The summed E-state index contributed by atoms with van der Waals surface area (Å²) < 4.78 is 0. The fourth-order valence-electron chi connectivity index (χ4n) is 4.38. The van der Waals surface area contributed by atoms with Gasteiger partial charge >= 0.3 is 5.97 Å². The predicted molar refractivity (Wildman–Crippen MR) is 153 cm³/mol. The van der Waals surface area contributed by atoms with Crippen molar-refractivity contribution in [3.63, 3.8) is 0 Å². The lowest BCUT2D eigenvalue weighted by molar-refractivity contribution is -0.129. The standard InChI is InChI=1S/C31H26N4O3S/c1-22(26-19-11-12-20-32-26)38-35-28(29(36)37)27-21-39-30(33-27)34-31(23-13-5-2-6-14-23,24-15-7-3-8-16-24)25-17-9-4-10-18-25/h2-22H,1H3,(H,33,34)(H,36,37). The maximum absolute atomic E-state index is 12.1. The normalized spacial score (nSPS) is 12.5. The Labute approximate surface area is 230 Å². The number of anilines is 1. The summed E-state index contributed by atoms with van der Waals surface area (Å²) >= 11 is 1.30. The van der Waals surface area contributed by atoms with Gasteiger partial charge in [-0.15, -0.1) is 11.3 Å². The van der Waals surface area contributed by atoms with Crippen LogP contribution in [0.2, 0.25) is 0 Å². The van der Waals surface area contributed by atoms with Crippen molar-refractivity contribution in [1.82, 2.24) is 9.97 Å². The maximum atomic E-state index is 12.1. The minimum Gasteiger partial charge on any atom is -0.476 e. The zero-order chi connectivity index (χ0) is 27.1. The maximum Gasteiger partial charge on any atom is 0.360 e. The number of rotatable bonds is 10. The van der Waals surface area contributed by atoms with Gasteiger partial charge in [-0.25, -0.2) is 9.78 Å². The average molecular weight is 535 g/mol. The highest BCUT2D eigenvalue weighted by atomic mass is 32.1. The number of nitrogens with one attached hydrogen (secondary N) is 1. The third kappa shape index (κ3) is 5.56. The second-order valence-electron chi connectivity index (χ2n) is 8.76. The van der Waals surface area contributed by atoms with Gasteiger partial charge in [0.2, 0.25) is 5.71 Å². The molecular formula is C31H26N4O3S. The quantitative estimate of drug-likeness (QED) is 0.120. The molecule has 8 heteroatoms. The number of carboxylic acids is 1. The van der Waals surface area contributed by atoms with E-state index in [4.69, 9.17) is 4.84 Å². The first-order valence-electron chi connectivity index (χ1n) is 12.4. The van der Waals surface area contributed by atoms with Crippen LogP contribution in [0.1, 0.15) is 41.1 Å². The molecule has 194 valence electrons. The summed E-state index contributed by atoms with van der Waals surface area (Å²) in [5, 5.41) is 19.7. The van der Waals surface area contributed by atoms with Gasteiger partial charge in [-0.2, -0.15) is 0 Å². The molecule has 0 fully saturated rings. The number of carbonyl (C=O) groups is 1.